The molecule has 1 aromatic rings. The molecule has 1 aromatic heterocycles. The molecule has 0 radical (unpaired) electrons. The Balaban J connectivity index is 2.33. The lowest BCUT2D eigenvalue weighted by molar-refractivity contribution is 0.0952. The molecular formula is C12H18N2O3. The van der Waals surface area contributed by atoms with Crippen molar-refractivity contribution in [3.8, 4) is 0 Å². The minimum absolute atomic E-state index is 0.169. The highest BCUT2D eigenvalue weighted by Crippen LogP contribution is 2.02. The quantitative estimate of drug-likeness (QED) is 0.632. The summed E-state index contributed by atoms with van der Waals surface area (Å²) in [7, 11) is 0. The molecule has 0 saturated heterocycles. The van der Waals surface area contributed by atoms with Crippen molar-refractivity contribution in [3.05, 3.63) is 34.2 Å². The molecule has 1 rings (SSSR count). The first kappa shape index (κ1) is 13.4. The molecule has 0 spiro atoms. The fraction of sp³-hybridized carbons (Fsp3) is 0.500. The highest BCUT2D eigenvalue weighted by molar-refractivity contribution is 5.93. The first-order valence-corrected chi connectivity index (χ1v) is 5.71. The monoisotopic (exact) mass is 238 g/mol. The van der Waals surface area contributed by atoms with Gasteiger partial charge in [-0.25, -0.2) is 0 Å². The van der Waals surface area contributed by atoms with Gasteiger partial charge in [-0.15, -0.1) is 0 Å². The second-order valence-electron chi connectivity index (χ2n) is 4.13. The van der Waals surface area contributed by atoms with Gasteiger partial charge in [0.1, 0.15) is 0 Å². The first-order valence-electron chi connectivity index (χ1n) is 5.71. The summed E-state index contributed by atoms with van der Waals surface area (Å²) in [6.07, 6.45) is 3.13. The number of amides is 1. The number of pyridine rings is 1. The number of nitrogens with one attached hydrogen (secondary N) is 2. The summed E-state index contributed by atoms with van der Waals surface area (Å²) < 4.78 is 0. The van der Waals surface area contributed by atoms with Gasteiger partial charge in [0, 0.05) is 31.0 Å². The number of aromatic nitrogens is 1. The van der Waals surface area contributed by atoms with E-state index >= 15 is 0 Å². The second-order valence-corrected chi connectivity index (χ2v) is 4.13. The normalized spacial score (nSPS) is 12.1. The maximum Gasteiger partial charge on any atom is 0.251 e. The number of aromatic amines is 1. The van der Waals surface area contributed by atoms with Crippen molar-refractivity contribution >= 4 is 5.91 Å². The molecule has 0 bridgehead atoms. The Morgan fingerprint density at radius 1 is 1.59 bits per heavy atom. The van der Waals surface area contributed by atoms with E-state index in [1.807, 2.05) is 6.92 Å². The zero-order valence-corrected chi connectivity index (χ0v) is 9.90. The molecule has 94 valence electrons. The van der Waals surface area contributed by atoms with Crippen molar-refractivity contribution in [2.24, 2.45) is 5.92 Å². The lowest BCUT2D eigenvalue weighted by atomic mass is 10.1. The van der Waals surface area contributed by atoms with Gasteiger partial charge in [-0.05, 0) is 24.8 Å². The Labute approximate surface area is 99.9 Å². The lowest BCUT2D eigenvalue weighted by Gasteiger charge is -2.08. The molecule has 1 atom stereocenters. The molecule has 0 aromatic carbocycles. The number of carbonyl (C=O) groups is 1. The highest BCUT2D eigenvalue weighted by atomic mass is 16.3. The van der Waals surface area contributed by atoms with Gasteiger partial charge in [0.15, 0.2) is 0 Å². The fourth-order valence-corrected chi connectivity index (χ4v) is 1.43. The van der Waals surface area contributed by atoms with Gasteiger partial charge in [0.25, 0.3) is 5.91 Å². The van der Waals surface area contributed by atoms with Crippen molar-refractivity contribution < 1.29 is 9.90 Å². The predicted molar refractivity (Wildman–Crippen MR) is 64.9 cm³/mol. The van der Waals surface area contributed by atoms with Crippen LogP contribution in [0, 0.1) is 5.92 Å². The van der Waals surface area contributed by atoms with E-state index in [2.05, 4.69) is 10.3 Å². The van der Waals surface area contributed by atoms with Crippen LogP contribution in [0.4, 0.5) is 0 Å². The molecule has 0 fully saturated rings. The molecular weight excluding hydrogens is 220 g/mol. The van der Waals surface area contributed by atoms with Crippen LogP contribution >= 0.6 is 0 Å². The van der Waals surface area contributed by atoms with E-state index in [1.165, 1.54) is 12.3 Å². The van der Waals surface area contributed by atoms with Crippen molar-refractivity contribution in [2.75, 3.05) is 13.2 Å². The van der Waals surface area contributed by atoms with Crippen LogP contribution in [0.3, 0.4) is 0 Å². The van der Waals surface area contributed by atoms with E-state index in [9.17, 15) is 9.59 Å². The molecule has 0 aliphatic heterocycles. The number of H-pyrrole nitrogens is 1. The second kappa shape index (κ2) is 6.85. The molecule has 3 N–H and O–H groups in total. The van der Waals surface area contributed by atoms with Crippen molar-refractivity contribution in [1.82, 2.24) is 10.3 Å². The summed E-state index contributed by atoms with van der Waals surface area (Å²) in [5.41, 5.74) is 0.0792. The zero-order chi connectivity index (χ0) is 12.7. The maximum absolute atomic E-state index is 11.6. The Kier molecular flexibility index (Phi) is 5.42. The highest BCUT2D eigenvalue weighted by Gasteiger charge is 2.05. The Hall–Kier alpha value is -1.62. The van der Waals surface area contributed by atoms with Crippen LogP contribution in [-0.2, 0) is 0 Å². The number of carbonyl (C=O) groups excluding carboxylic acids is 1. The molecule has 1 heterocycles. The van der Waals surface area contributed by atoms with E-state index in [1.54, 1.807) is 6.07 Å². The van der Waals surface area contributed by atoms with E-state index in [4.69, 9.17) is 5.11 Å². The largest absolute Gasteiger partial charge is 0.396 e. The summed E-state index contributed by atoms with van der Waals surface area (Å²) in [5.74, 6) is 0.0132. The first-order chi connectivity index (χ1) is 8.13. The van der Waals surface area contributed by atoms with Gasteiger partial charge in [0.05, 0.1) is 0 Å². The minimum atomic E-state index is -0.286. The summed E-state index contributed by atoms with van der Waals surface area (Å²) >= 11 is 0. The van der Waals surface area contributed by atoms with E-state index in [-0.39, 0.29) is 24.0 Å². The third-order valence-corrected chi connectivity index (χ3v) is 2.51. The number of aliphatic hydroxyl groups is 1. The Morgan fingerprint density at radius 3 is 3.00 bits per heavy atom. The molecule has 1 amide bonds. The van der Waals surface area contributed by atoms with Gasteiger partial charge in [0.2, 0.25) is 5.56 Å². The SMILES string of the molecule is CC(CO)CCCNC(=O)c1cc[nH]c(=O)c1. The van der Waals surface area contributed by atoms with Crippen LogP contribution in [0.15, 0.2) is 23.1 Å². The van der Waals surface area contributed by atoms with Crippen molar-refractivity contribution in [3.63, 3.8) is 0 Å². The molecule has 0 saturated carbocycles. The lowest BCUT2D eigenvalue weighted by Crippen LogP contribution is -2.26. The third-order valence-electron chi connectivity index (χ3n) is 2.51. The Bertz CT molecular complexity index is 414. The van der Waals surface area contributed by atoms with Crippen LogP contribution < -0.4 is 10.9 Å². The van der Waals surface area contributed by atoms with Gasteiger partial charge in [-0.3, -0.25) is 9.59 Å². The average Bonchev–Trinajstić information content (AvgIpc) is 2.34. The number of hydrogen-bond acceptors (Lipinski definition) is 3. The number of hydrogen-bond donors (Lipinski definition) is 3. The van der Waals surface area contributed by atoms with E-state index in [0.29, 0.717) is 12.1 Å². The van der Waals surface area contributed by atoms with Crippen LogP contribution in [0.2, 0.25) is 0 Å². The molecule has 5 nitrogen and oxygen atoms in total. The maximum atomic E-state index is 11.6. The Morgan fingerprint density at radius 2 is 2.35 bits per heavy atom. The standard InChI is InChI=1S/C12H18N2O3/c1-9(8-15)3-2-5-14-12(17)10-4-6-13-11(16)7-10/h4,6-7,9,15H,2-3,5,8H2,1H3,(H,13,16)(H,14,17). The molecule has 0 aliphatic carbocycles. The van der Waals surface area contributed by atoms with Gasteiger partial charge < -0.3 is 15.4 Å². The van der Waals surface area contributed by atoms with E-state index in [0.717, 1.165) is 12.8 Å². The third kappa shape index (κ3) is 4.82. The summed E-state index contributed by atoms with van der Waals surface area (Å²) in [6, 6.07) is 2.83. The van der Waals surface area contributed by atoms with Crippen LogP contribution in [0.25, 0.3) is 0 Å². The molecule has 0 aliphatic rings. The van der Waals surface area contributed by atoms with Gasteiger partial charge in [-0.2, -0.15) is 0 Å². The predicted octanol–water partition coefficient (Wildman–Crippen LogP) is 0.513. The number of aliphatic hydroxyl groups excluding tert-OH is 1. The minimum Gasteiger partial charge on any atom is -0.396 e. The summed E-state index contributed by atoms with van der Waals surface area (Å²) in [4.78, 5) is 25.0. The summed E-state index contributed by atoms with van der Waals surface area (Å²) in [6.45, 7) is 2.68. The van der Waals surface area contributed by atoms with Crippen LogP contribution in [-0.4, -0.2) is 29.1 Å². The average molecular weight is 238 g/mol. The van der Waals surface area contributed by atoms with Gasteiger partial charge in [-0.1, -0.05) is 6.92 Å². The summed E-state index contributed by atoms with van der Waals surface area (Å²) in [5, 5.41) is 11.6. The fourth-order valence-electron chi connectivity index (χ4n) is 1.43. The number of rotatable bonds is 6. The topological polar surface area (TPSA) is 82.2 Å². The zero-order valence-electron chi connectivity index (χ0n) is 9.90. The molecule has 1 unspecified atom stereocenters. The van der Waals surface area contributed by atoms with Crippen molar-refractivity contribution in [2.45, 2.75) is 19.8 Å². The van der Waals surface area contributed by atoms with Gasteiger partial charge >= 0.3 is 0 Å². The van der Waals surface area contributed by atoms with Crippen LogP contribution in [0.5, 0.6) is 0 Å². The van der Waals surface area contributed by atoms with E-state index < -0.39 is 0 Å². The molecule has 17 heavy (non-hydrogen) atoms. The smallest absolute Gasteiger partial charge is 0.251 e. The molecule has 5 heteroatoms. The van der Waals surface area contributed by atoms with Crippen LogP contribution in [0.1, 0.15) is 30.1 Å². The van der Waals surface area contributed by atoms with Crippen molar-refractivity contribution in [1.29, 1.82) is 0 Å².